The molecule has 0 bridgehead atoms. The van der Waals surface area contributed by atoms with E-state index < -0.39 is 5.79 Å². The summed E-state index contributed by atoms with van der Waals surface area (Å²) in [6.45, 7) is 17.4. The molecule has 1 saturated heterocycles. The Balaban J connectivity index is 2.15. The van der Waals surface area contributed by atoms with Crippen LogP contribution in [0.5, 0.6) is 0 Å². The Bertz CT molecular complexity index is 952. The van der Waals surface area contributed by atoms with Gasteiger partial charge in [0, 0.05) is 34.0 Å². The van der Waals surface area contributed by atoms with E-state index in [2.05, 4.69) is 50.6 Å². The Morgan fingerprint density at radius 1 is 1.18 bits per heavy atom. The zero-order valence-electron chi connectivity index (χ0n) is 21.5. The topological polar surface area (TPSA) is 60.6 Å². The molecular weight excluding hydrogens is 434 g/mol. The quantitative estimate of drug-likeness (QED) is 0.423. The van der Waals surface area contributed by atoms with Crippen molar-refractivity contribution in [1.29, 1.82) is 0 Å². The van der Waals surface area contributed by atoms with Gasteiger partial charge in [0.1, 0.15) is 5.82 Å². The molecule has 2 atom stereocenters. The van der Waals surface area contributed by atoms with Crippen molar-refractivity contribution in [3.63, 3.8) is 0 Å². The fourth-order valence-corrected chi connectivity index (χ4v) is 4.95. The van der Waals surface area contributed by atoms with E-state index in [4.69, 9.17) is 26.8 Å². The number of benzene rings is 1. The van der Waals surface area contributed by atoms with Crippen molar-refractivity contribution in [1.82, 2.24) is 4.98 Å². The van der Waals surface area contributed by atoms with Crippen LogP contribution in [0.2, 0.25) is 5.02 Å². The Morgan fingerprint density at radius 2 is 1.85 bits per heavy atom. The van der Waals surface area contributed by atoms with E-state index in [0.717, 1.165) is 35.9 Å². The molecule has 33 heavy (non-hydrogen) atoms. The van der Waals surface area contributed by atoms with Crippen LogP contribution in [-0.2, 0) is 9.47 Å². The minimum atomic E-state index is -0.539. The van der Waals surface area contributed by atoms with Crippen molar-refractivity contribution in [2.24, 2.45) is 11.3 Å². The summed E-state index contributed by atoms with van der Waals surface area (Å²) in [4.78, 5) is 7.26. The molecule has 2 aromatic rings. The summed E-state index contributed by atoms with van der Waals surface area (Å²) in [6, 6.07) is 6.33. The van der Waals surface area contributed by atoms with Crippen molar-refractivity contribution in [3.8, 4) is 0 Å². The molecule has 1 fully saturated rings. The second-order valence-electron chi connectivity index (χ2n) is 10.6. The van der Waals surface area contributed by atoms with Gasteiger partial charge in [-0.15, -0.1) is 0 Å². The lowest BCUT2D eigenvalue weighted by Gasteiger charge is -2.47. The molecule has 0 saturated carbocycles. The largest absolute Gasteiger partial charge is 0.383 e. The van der Waals surface area contributed by atoms with E-state index in [0.29, 0.717) is 36.0 Å². The van der Waals surface area contributed by atoms with Gasteiger partial charge in [0.05, 0.1) is 24.4 Å². The first-order valence-electron chi connectivity index (χ1n) is 12.4. The number of nitrogens with zero attached hydrogens (tertiary/aromatic N) is 2. The Hall–Kier alpha value is -1.56. The summed E-state index contributed by atoms with van der Waals surface area (Å²) in [5.74, 6) is 0.548. The molecule has 184 valence electrons. The highest BCUT2D eigenvalue weighted by atomic mass is 35.5. The second kappa shape index (κ2) is 10.4. The van der Waals surface area contributed by atoms with Crippen LogP contribution >= 0.6 is 11.6 Å². The van der Waals surface area contributed by atoms with Gasteiger partial charge in [-0.3, -0.25) is 0 Å². The van der Waals surface area contributed by atoms with Crippen LogP contribution < -0.4 is 10.6 Å². The summed E-state index contributed by atoms with van der Waals surface area (Å²) < 4.78 is 12.2. The van der Waals surface area contributed by atoms with Gasteiger partial charge in [0.2, 0.25) is 0 Å². The highest BCUT2D eigenvalue weighted by molar-refractivity contribution is 6.31. The molecule has 0 aliphatic carbocycles. The number of unbranched alkanes of at least 4 members (excludes halogenated alkanes) is 1. The standard InChI is InChI=1S/C27H42ClN3O2/c1-8-10-11-23(18(3)9-2)31(15-27(7)16-32-26(5,6)33-17-27)24-19(4)25(29)30-22-14-20(28)12-13-21(22)24/h12-14,18,23H,8-11,15-17H2,1-7H3,(H2,29,30). The summed E-state index contributed by atoms with van der Waals surface area (Å²) >= 11 is 6.32. The van der Waals surface area contributed by atoms with Gasteiger partial charge in [0.25, 0.3) is 0 Å². The molecular formula is C27H42ClN3O2. The van der Waals surface area contributed by atoms with Crippen molar-refractivity contribution >= 4 is 34.0 Å². The van der Waals surface area contributed by atoms with Crippen molar-refractivity contribution in [2.75, 3.05) is 30.4 Å². The number of anilines is 2. The third-order valence-electron chi connectivity index (χ3n) is 7.13. The number of fused-ring (bicyclic) bond motifs is 1. The maximum atomic E-state index is 6.45. The van der Waals surface area contributed by atoms with E-state index in [1.165, 1.54) is 18.5 Å². The van der Waals surface area contributed by atoms with Crippen LogP contribution in [0.4, 0.5) is 11.5 Å². The van der Waals surface area contributed by atoms with Gasteiger partial charge in [-0.1, -0.05) is 58.6 Å². The van der Waals surface area contributed by atoms with E-state index in [9.17, 15) is 0 Å². The minimum absolute atomic E-state index is 0.142. The number of ether oxygens (including phenoxy) is 2. The minimum Gasteiger partial charge on any atom is -0.383 e. The number of pyridine rings is 1. The van der Waals surface area contributed by atoms with Crippen LogP contribution in [-0.4, -0.2) is 36.6 Å². The zero-order valence-corrected chi connectivity index (χ0v) is 22.3. The fourth-order valence-electron chi connectivity index (χ4n) is 4.78. The first-order chi connectivity index (χ1) is 15.5. The Kier molecular flexibility index (Phi) is 8.19. The van der Waals surface area contributed by atoms with Gasteiger partial charge >= 0.3 is 0 Å². The van der Waals surface area contributed by atoms with Crippen molar-refractivity contribution < 1.29 is 9.47 Å². The van der Waals surface area contributed by atoms with Gasteiger partial charge in [0.15, 0.2) is 5.79 Å². The third kappa shape index (κ3) is 5.93. The normalized spacial score (nSPS) is 19.4. The van der Waals surface area contributed by atoms with Crippen molar-refractivity contribution in [2.45, 2.75) is 86.0 Å². The van der Waals surface area contributed by atoms with Gasteiger partial charge in [-0.05, 0) is 51.3 Å². The molecule has 2 N–H and O–H groups in total. The van der Waals surface area contributed by atoms with Crippen LogP contribution in [0.1, 0.15) is 72.8 Å². The first-order valence-corrected chi connectivity index (χ1v) is 12.8. The molecule has 2 heterocycles. The molecule has 1 aromatic heterocycles. The molecule has 2 unspecified atom stereocenters. The maximum absolute atomic E-state index is 6.45. The maximum Gasteiger partial charge on any atom is 0.162 e. The number of rotatable bonds is 9. The van der Waals surface area contributed by atoms with E-state index in [1.54, 1.807) is 0 Å². The molecule has 1 aliphatic rings. The van der Waals surface area contributed by atoms with Gasteiger partial charge < -0.3 is 20.1 Å². The molecule has 1 aromatic carbocycles. The molecule has 5 nitrogen and oxygen atoms in total. The highest BCUT2D eigenvalue weighted by Gasteiger charge is 2.40. The Morgan fingerprint density at radius 3 is 2.45 bits per heavy atom. The number of halogens is 1. The number of hydrogen-bond donors (Lipinski definition) is 1. The fraction of sp³-hybridized carbons (Fsp3) is 0.667. The third-order valence-corrected chi connectivity index (χ3v) is 7.36. The average Bonchev–Trinajstić information content (AvgIpc) is 2.76. The first kappa shape index (κ1) is 26.1. The number of hydrogen-bond acceptors (Lipinski definition) is 5. The summed E-state index contributed by atoms with van der Waals surface area (Å²) in [5.41, 5.74) is 9.34. The van der Waals surface area contributed by atoms with Crippen LogP contribution in [0, 0.1) is 18.3 Å². The number of aromatic nitrogens is 1. The highest BCUT2D eigenvalue weighted by Crippen LogP contribution is 2.40. The average molecular weight is 476 g/mol. The summed E-state index contributed by atoms with van der Waals surface area (Å²) in [5, 5.41) is 1.76. The predicted molar refractivity (Wildman–Crippen MR) is 140 cm³/mol. The number of nitrogen functional groups attached to an aromatic ring is 1. The lowest BCUT2D eigenvalue weighted by atomic mass is 9.86. The van der Waals surface area contributed by atoms with Crippen LogP contribution in [0.15, 0.2) is 18.2 Å². The monoisotopic (exact) mass is 475 g/mol. The lowest BCUT2D eigenvalue weighted by molar-refractivity contribution is -0.280. The molecule has 6 heteroatoms. The summed E-state index contributed by atoms with van der Waals surface area (Å²) in [6.07, 6.45) is 4.61. The molecule has 0 amide bonds. The van der Waals surface area contributed by atoms with Crippen molar-refractivity contribution in [3.05, 3.63) is 28.8 Å². The summed E-state index contributed by atoms with van der Waals surface area (Å²) in [7, 11) is 0. The SMILES string of the molecule is CCCCC(C(C)CC)N(CC1(C)COC(C)(C)OC1)c1c(C)c(N)nc2cc(Cl)ccc12. The smallest absolute Gasteiger partial charge is 0.162 e. The molecule has 0 spiro atoms. The lowest BCUT2D eigenvalue weighted by Crippen LogP contribution is -2.53. The van der Waals surface area contributed by atoms with Gasteiger partial charge in [-0.2, -0.15) is 0 Å². The Labute approximate surface area is 205 Å². The second-order valence-corrected chi connectivity index (χ2v) is 11.1. The van der Waals surface area contributed by atoms with Gasteiger partial charge in [-0.25, -0.2) is 4.98 Å². The zero-order chi connectivity index (χ0) is 24.4. The van der Waals surface area contributed by atoms with Crippen LogP contribution in [0.25, 0.3) is 10.9 Å². The molecule has 1 aliphatic heterocycles. The van der Waals surface area contributed by atoms with E-state index in [1.807, 2.05) is 26.0 Å². The molecule has 0 radical (unpaired) electrons. The number of nitrogens with two attached hydrogens (primary N) is 1. The predicted octanol–water partition coefficient (Wildman–Crippen LogP) is 6.98. The van der Waals surface area contributed by atoms with Crippen LogP contribution in [0.3, 0.4) is 0 Å². The molecule has 3 rings (SSSR count). The van der Waals surface area contributed by atoms with E-state index >= 15 is 0 Å². The van der Waals surface area contributed by atoms with E-state index in [-0.39, 0.29) is 5.41 Å².